The van der Waals surface area contributed by atoms with Crippen LogP contribution in [0.4, 0.5) is 4.39 Å². The van der Waals surface area contributed by atoms with Crippen molar-refractivity contribution in [1.82, 2.24) is 25.6 Å². The average Bonchev–Trinajstić information content (AvgIpc) is 3.37. The summed E-state index contributed by atoms with van der Waals surface area (Å²) in [4.78, 5) is 21.1. The molecule has 1 saturated carbocycles. The number of aromatic nitrogens is 4. The number of halogens is 1. The predicted octanol–water partition coefficient (Wildman–Crippen LogP) is 5.72. The van der Waals surface area contributed by atoms with Crippen LogP contribution in [-0.4, -0.2) is 32.7 Å². The van der Waals surface area contributed by atoms with E-state index in [1.54, 1.807) is 6.07 Å². The van der Waals surface area contributed by atoms with E-state index in [9.17, 15) is 9.18 Å². The van der Waals surface area contributed by atoms with E-state index >= 15 is 0 Å². The van der Waals surface area contributed by atoms with E-state index in [1.807, 2.05) is 45.0 Å². The molecular weight excluding hydrogens is 477 g/mol. The fourth-order valence-electron chi connectivity index (χ4n) is 3.72. The Morgan fingerprint density at radius 3 is 2.30 bits per heavy atom. The molecule has 5 rings (SSSR count). The number of amides is 1. The molecule has 1 aliphatic carbocycles. The molecule has 192 valence electrons. The third-order valence-corrected chi connectivity index (χ3v) is 6.13. The Labute approximate surface area is 213 Å². The molecule has 2 aromatic heterocycles. The van der Waals surface area contributed by atoms with Gasteiger partial charge in [-0.3, -0.25) is 4.79 Å². The van der Waals surface area contributed by atoms with Gasteiger partial charge in [0.15, 0.2) is 6.10 Å². The Morgan fingerprint density at radius 1 is 1.03 bits per heavy atom. The molecule has 1 unspecified atom stereocenters. The zero-order chi connectivity index (χ0) is 25.9. The third kappa shape index (κ3) is 5.68. The maximum atomic E-state index is 14.7. The summed E-state index contributed by atoms with van der Waals surface area (Å²) in [5.74, 6) is 1.80. The predicted molar refractivity (Wildman–Crippen MR) is 132 cm³/mol. The molecule has 0 radical (unpaired) electrons. The summed E-state index contributed by atoms with van der Waals surface area (Å²) in [7, 11) is 0. The topological polar surface area (TPSA) is 116 Å². The number of ether oxygens (including phenoxy) is 1. The van der Waals surface area contributed by atoms with Gasteiger partial charge in [-0.15, -0.1) is 0 Å². The number of benzene rings is 2. The first-order valence-corrected chi connectivity index (χ1v) is 12.4. The number of hydrogen-bond donors (Lipinski definition) is 1. The van der Waals surface area contributed by atoms with Crippen molar-refractivity contribution >= 4 is 5.91 Å². The molecule has 1 atom stereocenters. The van der Waals surface area contributed by atoms with Crippen molar-refractivity contribution in [3.63, 3.8) is 0 Å². The van der Waals surface area contributed by atoms with Crippen LogP contribution < -0.4 is 10.1 Å². The molecule has 1 fully saturated rings. The number of nitrogens with zero attached hydrogens (tertiary/aromatic N) is 4. The lowest BCUT2D eigenvalue weighted by atomic mass is 10.1. The van der Waals surface area contributed by atoms with E-state index in [1.165, 1.54) is 12.1 Å². The molecule has 2 heterocycles. The van der Waals surface area contributed by atoms with Gasteiger partial charge in [-0.25, -0.2) is 4.39 Å². The summed E-state index contributed by atoms with van der Waals surface area (Å²) < 4.78 is 31.4. The van der Waals surface area contributed by atoms with Crippen LogP contribution in [0, 0.1) is 11.7 Å². The summed E-state index contributed by atoms with van der Waals surface area (Å²) in [5, 5.41) is 10.8. The number of nitrogens with one attached hydrogen (secondary N) is 1. The van der Waals surface area contributed by atoms with Gasteiger partial charge < -0.3 is 19.1 Å². The van der Waals surface area contributed by atoms with Crippen LogP contribution in [0.25, 0.3) is 22.8 Å². The quantitative estimate of drug-likeness (QED) is 0.291. The first-order valence-electron chi connectivity index (χ1n) is 12.4. The minimum absolute atomic E-state index is 0.00687. The minimum Gasteiger partial charge on any atom is -0.481 e. The molecule has 1 N–H and O–H groups in total. The highest BCUT2D eigenvalue weighted by Gasteiger charge is 2.24. The molecule has 10 heteroatoms. The van der Waals surface area contributed by atoms with Crippen LogP contribution in [0.2, 0.25) is 0 Å². The number of rotatable bonds is 10. The molecule has 2 aromatic carbocycles. The smallest absolute Gasteiger partial charge is 0.268 e. The molecule has 1 aliphatic rings. The van der Waals surface area contributed by atoms with Crippen molar-refractivity contribution in [3.05, 3.63) is 65.6 Å². The Kier molecular flexibility index (Phi) is 6.98. The van der Waals surface area contributed by atoms with Crippen molar-refractivity contribution in [2.45, 2.75) is 52.1 Å². The van der Waals surface area contributed by atoms with E-state index in [-0.39, 0.29) is 23.2 Å². The highest BCUT2D eigenvalue weighted by atomic mass is 19.1. The number of carbonyl (C=O) groups is 1. The first kappa shape index (κ1) is 24.6. The van der Waals surface area contributed by atoms with Crippen molar-refractivity contribution in [3.8, 4) is 28.5 Å². The summed E-state index contributed by atoms with van der Waals surface area (Å²) in [6.45, 7) is 6.49. The summed E-state index contributed by atoms with van der Waals surface area (Å²) in [6.07, 6.45) is 2.28. The largest absolute Gasteiger partial charge is 0.481 e. The average molecular weight is 506 g/mol. The highest BCUT2D eigenvalue weighted by molar-refractivity contribution is 5.94. The van der Waals surface area contributed by atoms with E-state index in [0.29, 0.717) is 41.9 Å². The second-order valence-corrected chi connectivity index (χ2v) is 9.45. The van der Waals surface area contributed by atoms with Crippen LogP contribution in [0.3, 0.4) is 0 Å². The first-order chi connectivity index (χ1) is 17.9. The van der Waals surface area contributed by atoms with Gasteiger partial charge >= 0.3 is 0 Å². The van der Waals surface area contributed by atoms with Gasteiger partial charge in [-0.2, -0.15) is 9.97 Å². The van der Waals surface area contributed by atoms with Crippen LogP contribution in [0.15, 0.2) is 51.5 Å². The van der Waals surface area contributed by atoms with Crippen molar-refractivity contribution in [2.75, 3.05) is 6.54 Å². The van der Waals surface area contributed by atoms with Gasteiger partial charge in [0.25, 0.3) is 11.8 Å². The summed E-state index contributed by atoms with van der Waals surface area (Å²) >= 11 is 0. The Hall–Kier alpha value is -4.08. The number of carbonyl (C=O) groups excluding carboxylic acids is 1. The van der Waals surface area contributed by atoms with Crippen LogP contribution in [0.5, 0.6) is 5.75 Å². The van der Waals surface area contributed by atoms with Crippen LogP contribution in [-0.2, 0) is 0 Å². The molecule has 1 amide bonds. The lowest BCUT2D eigenvalue weighted by Crippen LogP contribution is -2.26. The second kappa shape index (κ2) is 10.5. The highest BCUT2D eigenvalue weighted by Crippen LogP contribution is 2.29. The second-order valence-electron chi connectivity index (χ2n) is 9.45. The van der Waals surface area contributed by atoms with E-state index in [0.717, 1.165) is 18.4 Å². The Morgan fingerprint density at radius 2 is 1.68 bits per heavy atom. The van der Waals surface area contributed by atoms with Gasteiger partial charge in [-0.05, 0) is 61.6 Å². The maximum Gasteiger partial charge on any atom is 0.268 e. The maximum absolute atomic E-state index is 14.7. The Bertz CT molecular complexity index is 1380. The SMILES string of the molecule is CCC(Oc1ccc(-c2noc(C(C)C)n2)cc1)c1nc(-c2ccc(C(=O)NCC3CC3)c(F)c2)no1. The lowest BCUT2D eigenvalue weighted by Gasteiger charge is -2.13. The lowest BCUT2D eigenvalue weighted by molar-refractivity contribution is 0.0948. The van der Waals surface area contributed by atoms with Crippen molar-refractivity contribution in [1.29, 1.82) is 0 Å². The standard InChI is InChI=1S/C27H28FN5O4/c1-4-22(35-19-10-7-17(8-11-19)23-30-26(15(2)3)36-32-23)27-31-24(33-37-27)18-9-12-20(21(28)13-18)25(34)29-14-16-5-6-16/h7-13,15-16,22H,4-6,14H2,1-3H3,(H,29,34). The normalized spacial score (nSPS) is 14.1. The van der Waals surface area contributed by atoms with Gasteiger partial charge in [0.05, 0.1) is 5.56 Å². The van der Waals surface area contributed by atoms with Gasteiger partial charge in [0.1, 0.15) is 11.6 Å². The van der Waals surface area contributed by atoms with E-state index < -0.39 is 17.8 Å². The van der Waals surface area contributed by atoms with Crippen LogP contribution >= 0.6 is 0 Å². The van der Waals surface area contributed by atoms with Gasteiger partial charge in [0, 0.05) is 23.6 Å². The monoisotopic (exact) mass is 505 g/mol. The molecule has 0 aliphatic heterocycles. The van der Waals surface area contributed by atoms with Gasteiger partial charge in [0.2, 0.25) is 17.5 Å². The molecule has 9 nitrogen and oxygen atoms in total. The molecular formula is C27H28FN5O4. The molecule has 4 aromatic rings. The number of hydrogen-bond acceptors (Lipinski definition) is 8. The molecule has 0 bridgehead atoms. The van der Waals surface area contributed by atoms with Gasteiger partial charge in [-0.1, -0.05) is 37.2 Å². The fraction of sp³-hybridized carbons (Fsp3) is 0.370. The molecule has 0 spiro atoms. The minimum atomic E-state index is -0.636. The van der Waals surface area contributed by atoms with Crippen molar-refractivity contribution < 1.29 is 23.0 Å². The van der Waals surface area contributed by atoms with Crippen LogP contribution in [0.1, 0.15) is 74.2 Å². The summed E-state index contributed by atoms with van der Waals surface area (Å²) in [5.41, 5.74) is 1.21. The molecule has 0 saturated heterocycles. The summed E-state index contributed by atoms with van der Waals surface area (Å²) in [6, 6.07) is 11.6. The van der Waals surface area contributed by atoms with E-state index in [4.69, 9.17) is 13.8 Å². The zero-order valence-corrected chi connectivity index (χ0v) is 20.9. The Balaban J connectivity index is 1.25. The third-order valence-electron chi connectivity index (χ3n) is 6.13. The van der Waals surface area contributed by atoms with E-state index in [2.05, 4.69) is 25.6 Å². The van der Waals surface area contributed by atoms with Crippen molar-refractivity contribution in [2.24, 2.45) is 5.92 Å². The fourth-order valence-corrected chi connectivity index (χ4v) is 3.72. The zero-order valence-electron chi connectivity index (χ0n) is 20.9. The molecule has 37 heavy (non-hydrogen) atoms.